The summed E-state index contributed by atoms with van der Waals surface area (Å²) in [7, 11) is 0. The standard InChI is InChI=1S/C9H11FN2O2S/c10-8-5-7(6-15-4-3-11)1-2-9(8)12(13)14/h1-2,5H,3-4,6,11H2. The highest BCUT2D eigenvalue weighted by atomic mass is 32.2. The highest BCUT2D eigenvalue weighted by Crippen LogP contribution is 2.20. The van der Waals surface area contributed by atoms with E-state index in [9.17, 15) is 14.5 Å². The maximum Gasteiger partial charge on any atom is 0.304 e. The Morgan fingerprint density at radius 3 is 2.80 bits per heavy atom. The molecule has 0 aliphatic heterocycles. The van der Waals surface area contributed by atoms with E-state index in [1.54, 1.807) is 17.8 Å². The number of thioether (sulfide) groups is 1. The zero-order valence-electron chi connectivity index (χ0n) is 7.98. The summed E-state index contributed by atoms with van der Waals surface area (Å²) in [5, 5.41) is 10.3. The Morgan fingerprint density at radius 2 is 2.27 bits per heavy atom. The number of hydrogen-bond donors (Lipinski definition) is 1. The van der Waals surface area contributed by atoms with E-state index < -0.39 is 16.4 Å². The van der Waals surface area contributed by atoms with Crippen LogP contribution in [0.3, 0.4) is 0 Å². The fourth-order valence-corrected chi connectivity index (χ4v) is 1.79. The van der Waals surface area contributed by atoms with Gasteiger partial charge in [-0.15, -0.1) is 0 Å². The molecule has 0 saturated heterocycles. The molecule has 0 unspecified atom stereocenters. The van der Waals surface area contributed by atoms with Crippen LogP contribution in [0.5, 0.6) is 0 Å². The van der Waals surface area contributed by atoms with Crippen LogP contribution in [0.1, 0.15) is 5.56 Å². The first kappa shape index (κ1) is 11.9. The highest BCUT2D eigenvalue weighted by Gasteiger charge is 2.13. The van der Waals surface area contributed by atoms with Crippen molar-refractivity contribution in [1.29, 1.82) is 0 Å². The number of halogens is 1. The second-order valence-corrected chi connectivity index (χ2v) is 3.99. The van der Waals surface area contributed by atoms with Crippen LogP contribution in [0.15, 0.2) is 18.2 Å². The molecule has 4 nitrogen and oxygen atoms in total. The Hall–Kier alpha value is -1.14. The molecule has 2 N–H and O–H groups in total. The van der Waals surface area contributed by atoms with Crippen LogP contribution >= 0.6 is 11.8 Å². The van der Waals surface area contributed by atoms with Crippen molar-refractivity contribution in [2.24, 2.45) is 5.73 Å². The summed E-state index contributed by atoms with van der Waals surface area (Å²) in [6.45, 7) is 0.570. The van der Waals surface area contributed by atoms with E-state index in [2.05, 4.69) is 0 Å². The van der Waals surface area contributed by atoms with Crippen LogP contribution in [0.2, 0.25) is 0 Å². The van der Waals surface area contributed by atoms with Crippen LogP contribution in [0.4, 0.5) is 10.1 Å². The summed E-state index contributed by atoms with van der Waals surface area (Å²) in [5.41, 5.74) is 5.55. The lowest BCUT2D eigenvalue weighted by Gasteiger charge is -2.01. The second kappa shape index (κ2) is 5.67. The molecule has 0 fully saturated rings. The fraction of sp³-hybridized carbons (Fsp3) is 0.333. The Bertz CT molecular complexity index is 360. The molecule has 0 atom stereocenters. The molecular formula is C9H11FN2O2S. The van der Waals surface area contributed by atoms with E-state index in [-0.39, 0.29) is 0 Å². The number of benzene rings is 1. The molecule has 0 heterocycles. The summed E-state index contributed by atoms with van der Waals surface area (Å²) in [6.07, 6.45) is 0. The van der Waals surface area contributed by atoms with E-state index in [0.29, 0.717) is 12.3 Å². The summed E-state index contributed by atoms with van der Waals surface area (Å²) in [5.74, 6) is 0.621. The van der Waals surface area contributed by atoms with Gasteiger partial charge in [-0.1, -0.05) is 6.07 Å². The first-order valence-corrected chi connectivity index (χ1v) is 5.51. The van der Waals surface area contributed by atoms with E-state index in [0.717, 1.165) is 11.3 Å². The number of nitro groups is 1. The molecule has 0 saturated carbocycles. The first-order chi connectivity index (χ1) is 7.15. The lowest BCUT2D eigenvalue weighted by molar-refractivity contribution is -0.387. The van der Waals surface area contributed by atoms with Crippen molar-refractivity contribution in [2.45, 2.75) is 5.75 Å². The number of rotatable bonds is 5. The molecule has 0 amide bonds. The molecule has 0 radical (unpaired) electrons. The van der Waals surface area contributed by atoms with E-state index in [4.69, 9.17) is 5.73 Å². The molecule has 0 bridgehead atoms. The molecule has 82 valence electrons. The molecule has 0 aliphatic carbocycles. The van der Waals surface area contributed by atoms with Crippen LogP contribution in [0, 0.1) is 15.9 Å². The average molecular weight is 230 g/mol. The normalized spacial score (nSPS) is 10.3. The van der Waals surface area contributed by atoms with Crippen molar-refractivity contribution >= 4 is 17.4 Å². The third-order valence-electron chi connectivity index (χ3n) is 1.74. The number of nitro benzene ring substituents is 1. The van der Waals surface area contributed by atoms with E-state index in [1.165, 1.54) is 12.1 Å². The van der Waals surface area contributed by atoms with Crippen LogP contribution in [0.25, 0.3) is 0 Å². The molecule has 1 aromatic rings. The zero-order chi connectivity index (χ0) is 11.3. The predicted octanol–water partition coefficient (Wildman–Crippen LogP) is 1.93. The van der Waals surface area contributed by atoms with Crippen LogP contribution in [-0.2, 0) is 5.75 Å². The monoisotopic (exact) mass is 230 g/mol. The van der Waals surface area contributed by atoms with Crippen LogP contribution in [-0.4, -0.2) is 17.2 Å². The van der Waals surface area contributed by atoms with Gasteiger partial charge in [0.15, 0.2) is 0 Å². The predicted molar refractivity (Wildman–Crippen MR) is 58.3 cm³/mol. The van der Waals surface area contributed by atoms with Gasteiger partial charge in [0.25, 0.3) is 0 Å². The molecule has 0 aromatic heterocycles. The Balaban J connectivity index is 2.69. The van der Waals surface area contributed by atoms with Gasteiger partial charge in [0.2, 0.25) is 5.82 Å². The maximum atomic E-state index is 13.1. The number of nitrogens with zero attached hydrogens (tertiary/aromatic N) is 1. The number of nitrogens with two attached hydrogens (primary N) is 1. The van der Waals surface area contributed by atoms with Gasteiger partial charge in [-0.25, -0.2) is 0 Å². The third-order valence-corrected chi connectivity index (χ3v) is 2.80. The lowest BCUT2D eigenvalue weighted by atomic mass is 10.2. The average Bonchev–Trinajstić information content (AvgIpc) is 2.17. The molecule has 0 spiro atoms. The molecular weight excluding hydrogens is 219 g/mol. The van der Waals surface area contributed by atoms with Gasteiger partial charge in [-0.3, -0.25) is 10.1 Å². The van der Waals surface area contributed by atoms with Crippen molar-refractivity contribution in [3.05, 3.63) is 39.7 Å². The maximum absolute atomic E-state index is 13.1. The molecule has 1 rings (SSSR count). The van der Waals surface area contributed by atoms with Gasteiger partial charge < -0.3 is 5.73 Å². The zero-order valence-corrected chi connectivity index (χ0v) is 8.80. The molecule has 0 aliphatic rings. The minimum absolute atomic E-state index is 0.484. The van der Waals surface area contributed by atoms with Crippen molar-refractivity contribution < 1.29 is 9.31 Å². The first-order valence-electron chi connectivity index (χ1n) is 4.35. The molecule has 1 aromatic carbocycles. The van der Waals surface area contributed by atoms with E-state index >= 15 is 0 Å². The Labute approximate surface area is 90.8 Å². The van der Waals surface area contributed by atoms with Gasteiger partial charge in [0.1, 0.15) is 0 Å². The topological polar surface area (TPSA) is 69.2 Å². The van der Waals surface area contributed by atoms with Gasteiger partial charge in [0.05, 0.1) is 4.92 Å². The van der Waals surface area contributed by atoms with Gasteiger partial charge >= 0.3 is 5.69 Å². The van der Waals surface area contributed by atoms with Crippen molar-refractivity contribution in [3.8, 4) is 0 Å². The minimum Gasteiger partial charge on any atom is -0.330 e. The molecule has 6 heteroatoms. The highest BCUT2D eigenvalue weighted by molar-refractivity contribution is 7.98. The van der Waals surface area contributed by atoms with Crippen molar-refractivity contribution in [1.82, 2.24) is 0 Å². The third kappa shape index (κ3) is 3.49. The van der Waals surface area contributed by atoms with Crippen molar-refractivity contribution in [3.63, 3.8) is 0 Å². The largest absolute Gasteiger partial charge is 0.330 e. The van der Waals surface area contributed by atoms with Crippen LogP contribution < -0.4 is 5.73 Å². The van der Waals surface area contributed by atoms with Gasteiger partial charge in [-0.05, 0) is 11.6 Å². The summed E-state index contributed by atoms with van der Waals surface area (Å²) < 4.78 is 13.1. The fourth-order valence-electron chi connectivity index (χ4n) is 1.06. The van der Waals surface area contributed by atoms with Gasteiger partial charge in [-0.2, -0.15) is 16.2 Å². The SMILES string of the molecule is NCCSCc1ccc([N+](=O)[O-])c(F)c1. The quantitative estimate of drug-likeness (QED) is 0.476. The van der Waals surface area contributed by atoms with Crippen molar-refractivity contribution in [2.75, 3.05) is 12.3 Å². The Kier molecular flexibility index (Phi) is 4.51. The summed E-state index contributed by atoms with van der Waals surface area (Å²) in [6, 6.07) is 3.94. The Morgan fingerprint density at radius 1 is 1.53 bits per heavy atom. The number of hydrogen-bond acceptors (Lipinski definition) is 4. The van der Waals surface area contributed by atoms with Gasteiger partial charge in [0, 0.05) is 24.1 Å². The smallest absolute Gasteiger partial charge is 0.304 e. The second-order valence-electron chi connectivity index (χ2n) is 2.88. The summed E-state index contributed by atoms with van der Waals surface area (Å²) in [4.78, 5) is 9.61. The molecule has 15 heavy (non-hydrogen) atoms. The minimum atomic E-state index is -0.786. The summed E-state index contributed by atoms with van der Waals surface area (Å²) >= 11 is 1.57. The van der Waals surface area contributed by atoms with E-state index in [1.807, 2.05) is 0 Å². The lowest BCUT2D eigenvalue weighted by Crippen LogP contribution is -2.01.